The molecule has 0 fully saturated rings. The number of carboxylic acid groups (broad SMARTS) is 1. The molecule has 2 atom stereocenters. The summed E-state index contributed by atoms with van der Waals surface area (Å²) >= 11 is 0. The summed E-state index contributed by atoms with van der Waals surface area (Å²) in [6.07, 6.45) is 0.751. The first kappa shape index (κ1) is 18.7. The lowest BCUT2D eigenvalue weighted by atomic mass is 9.92. The van der Waals surface area contributed by atoms with Crippen LogP contribution in [0, 0.1) is 5.92 Å². The van der Waals surface area contributed by atoms with E-state index >= 15 is 0 Å². The number of methoxy groups -OCH3 is 1. The van der Waals surface area contributed by atoms with Gasteiger partial charge in [0, 0.05) is 12.6 Å². The Morgan fingerprint density at radius 2 is 1.90 bits per heavy atom. The first-order valence-corrected chi connectivity index (χ1v) is 6.60. The minimum absolute atomic E-state index is 0.0487. The Morgan fingerprint density at radius 1 is 1.35 bits per heavy atom. The van der Waals surface area contributed by atoms with Gasteiger partial charge in [-0.2, -0.15) is 0 Å². The predicted octanol–water partition coefficient (Wildman–Crippen LogP) is 2.28. The monoisotopic (exact) mass is 289 g/mol. The van der Waals surface area contributed by atoms with Crippen LogP contribution in [0.2, 0.25) is 0 Å². The van der Waals surface area contributed by atoms with Crippen molar-refractivity contribution < 1.29 is 24.5 Å². The number of amides is 1. The molecule has 0 aromatic heterocycles. The molecular formula is C14H27NO5. The largest absolute Gasteiger partial charge is 0.475 e. The van der Waals surface area contributed by atoms with Gasteiger partial charge in [-0.3, -0.25) is 4.90 Å². The Kier molecular flexibility index (Phi) is 7.60. The van der Waals surface area contributed by atoms with Gasteiger partial charge in [-0.25, -0.2) is 4.79 Å². The molecule has 2 N–H and O–H groups in total. The second kappa shape index (κ2) is 8.11. The second-order valence-electron chi connectivity index (χ2n) is 5.95. The van der Waals surface area contributed by atoms with Gasteiger partial charge in [0.15, 0.2) is 6.79 Å². The van der Waals surface area contributed by atoms with E-state index in [0.29, 0.717) is 0 Å². The quantitative estimate of drug-likeness (QED) is 0.427. The van der Waals surface area contributed by atoms with Gasteiger partial charge in [0.1, 0.15) is 0 Å². The summed E-state index contributed by atoms with van der Waals surface area (Å²) in [7, 11) is 1.49. The van der Waals surface area contributed by atoms with E-state index in [1.165, 1.54) is 24.3 Å². The number of nitrogens with zero attached hydrogens (tertiary/aromatic N) is 1. The van der Waals surface area contributed by atoms with Crippen molar-refractivity contribution in [3.05, 3.63) is 12.3 Å². The molecule has 6 nitrogen and oxygen atoms in total. The lowest BCUT2D eigenvalue weighted by molar-refractivity contribution is -0.000511. The molecule has 0 heterocycles. The van der Waals surface area contributed by atoms with Crippen LogP contribution < -0.4 is 0 Å². The molecule has 0 aliphatic carbocycles. The summed E-state index contributed by atoms with van der Waals surface area (Å²) in [5.74, 6) is -0.0487. The SMILES string of the molecule is COCOC=C[C@H](O)[C@H](C(C)C)N(C(=O)O)C(C)(C)C. The Bertz CT molecular complexity index is 322. The van der Waals surface area contributed by atoms with Gasteiger partial charge in [0.25, 0.3) is 0 Å². The molecule has 0 aromatic rings. The van der Waals surface area contributed by atoms with Crippen LogP contribution in [0.4, 0.5) is 4.79 Å². The number of ether oxygens (including phenoxy) is 2. The average Bonchev–Trinajstić information content (AvgIpc) is 2.28. The lowest BCUT2D eigenvalue weighted by Gasteiger charge is -2.43. The highest BCUT2D eigenvalue weighted by Gasteiger charge is 2.38. The summed E-state index contributed by atoms with van der Waals surface area (Å²) in [4.78, 5) is 12.8. The normalized spacial score (nSPS) is 15.4. The lowest BCUT2D eigenvalue weighted by Crippen LogP contribution is -2.57. The number of hydrogen-bond donors (Lipinski definition) is 2. The van der Waals surface area contributed by atoms with Crippen molar-refractivity contribution in [2.75, 3.05) is 13.9 Å². The first-order valence-electron chi connectivity index (χ1n) is 6.60. The molecule has 6 heteroatoms. The number of carbonyl (C=O) groups is 1. The number of rotatable bonds is 7. The molecule has 0 unspecified atom stereocenters. The summed E-state index contributed by atoms with van der Waals surface area (Å²) < 4.78 is 9.69. The van der Waals surface area contributed by atoms with Gasteiger partial charge in [-0.05, 0) is 32.8 Å². The van der Waals surface area contributed by atoms with Crippen molar-refractivity contribution >= 4 is 6.09 Å². The van der Waals surface area contributed by atoms with E-state index < -0.39 is 23.8 Å². The van der Waals surface area contributed by atoms with Crippen molar-refractivity contribution in [3.8, 4) is 0 Å². The van der Waals surface area contributed by atoms with Crippen molar-refractivity contribution in [2.45, 2.75) is 52.3 Å². The standard InChI is InChI=1S/C14H27NO5/c1-10(2)12(11(16)7-8-20-9-19-6)15(13(17)18)14(3,4)5/h7-8,10-12,16H,9H2,1-6H3,(H,17,18)/t11-,12-/m0/s1. The second-order valence-corrected chi connectivity index (χ2v) is 5.95. The molecular weight excluding hydrogens is 262 g/mol. The van der Waals surface area contributed by atoms with Crippen LogP contribution in [0.1, 0.15) is 34.6 Å². The maximum atomic E-state index is 11.5. The van der Waals surface area contributed by atoms with Crippen LogP contribution in [0.5, 0.6) is 0 Å². The van der Waals surface area contributed by atoms with E-state index in [4.69, 9.17) is 9.47 Å². The van der Waals surface area contributed by atoms with Gasteiger partial charge in [0.2, 0.25) is 0 Å². The summed E-state index contributed by atoms with van der Waals surface area (Å²) in [6.45, 7) is 9.23. The fourth-order valence-corrected chi connectivity index (χ4v) is 2.06. The third-order valence-electron chi connectivity index (χ3n) is 2.82. The van der Waals surface area contributed by atoms with Gasteiger partial charge in [-0.15, -0.1) is 0 Å². The third kappa shape index (κ3) is 5.79. The smallest absolute Gasteiger partial charge is 0.408 e. The molecule has 0 spiro atoms. The van der Waals surface area contributed by atoms with Crippen LogP contribution in [0.3, 0.4) is 0 Å². The molecule has 0 saturated carbocycles. The third-order valence-corrected chi connectivity index (χ3v) is 2.82. The van der Waals surface area contributed by atoms with E-state index in [9.17, 15) is 15.0 Å². The molecule has 0 aliphatic rings. The van der Waals surface area contributed by atoms with Gasteiger partial charge < -0.3 is 19.7 Å². The van der Waals surface area contributed by atoms with E-state index in [1.54, 1.807) is 20.8 Å². The number of aliphatic hydroxyl groups excluding tert-OH is 1. The van der Waals surface area contributed by atoms with Crippen LogP contribution in [-0.2, 0) is 9.47 Å². The highest BCUT2D eigenvalue weighted by atomic mass is 16.7. The van der Waals surface area contributed by atoms with Crippen molar-refractivity contribution in [1.82, 2.24) is 4.90 Å². The highest BCUT2D eigenvalue weighted by molar-refractivity contribution is 5.66. The zero-order valence-electron chi connectivity index (χ0n) is 13.2. The fourth-order valence-electron chi connectivity index (χ4n) is 2.06. The summed E-state index contributed by atoms with van der Waals surface area (Å²) in [6, 6.07) is -0.560. The molecule has 0 radical (unpaired) electrons. The Hall–Kier alpha value is -1.27. The molecule has 0 rings (SSSR count). The van der Waals surface area contributed by atoms with Crippen LogP contribution in [-0.4, -0.2) is 52.8 Å². The molecule has 0 bridgehead atoms. The Balaban J connectivity index is 5.11. The maximum Gasteiger partial charge on any atom is 0.408 e. The van der Waals surface area contributed by atoms with Crippen LogP contribution in [0.25, 0.3) is 0 Å². The topological polar surface area (TPSA) is 79.2 Å². The molecule has 20 heavy (non-hydrogen) atoms. The van der Waals surface area contributed by atoms with Crippen molar-refractivity contribution in [1.29, 1.82) is 0 Å². The Morgan fingerprint density at radius 3 is 2.25 bits per heavy atom. The molecule has 0 aromatic carbocycles. The maximum absolute atomic E-state index is 11.5. The van der Waals surface area contributed by atoms with Crippen LogP contribution in [0.15, 0.2) is 12.3 Å². The van der Waals surface area contributed by atoms with Gasteiger partial charge in [-0.1, -0.05) is 13.8 Å². The fraction of sp³-hybridized carbons (Fsp3) is 0.786. The minimum Gasteiger partial charge on any atom is -0.475 e. The number of aliphatic hydroxyl groups is 1. The molecule has 118 valence electrons. The zero-order valence-corrected chi connectivity index (χ0v) is 13.2. The average molecular weight is 289 g/mol. The van der Waals surface area contributed by atoms with E-state index in [0.717, 1.165) is 0 Å². The Labute approximate surface area is 121 Å². The van der Waals surface area contributed by atoms with Gasteiger partial charge in [0.05, 0.1) is 18.4 Å². The van der Waals surface area contributed by atoms with Crippen LogP contribution >= 0.6 is 0 Å². The molecule has 0 aliphatic heterocycles. The van der Waals surface area contributed by atoms with Gasteiger partial charge >= 0.3 is 6.09 Å². The molecule has 0 saturated heterocycles. The summed E-state index contributed by atoms with van der Waals surface area (Å²) in [5.41, 5.74) is -0.608. The van der Waals surface area contributed by atoms with Crippen molar-refractivity contribution in [3.63, 3.8) is 0 Å². The highest BCUT2D eigenvalue weighted by Crippen LogP contribution is 2.25. The van der Waals surface area contributed by atoms with E-state index in [1.807, 2.05) is 13.8 Å². The summed E-state index contributed by atoms with van der Waals surface area (Å²) in [5, 5.41) is 19.7. The zero-order chi connectivity index (χ0) is 15.9. The molecule has 1 amide bonds. The van der Waals surface area contributed by atoms with E-state index in [2.05, 4.69) is 0 Å². The first-order chi connectivity index (χ1) is 9.12. The number of hydrogen-bond acceptors (Lipinski definition) is 4. The predicted molar refractivity (Wildman–Crippen MR) is 76.4 cm³/mol. The van der Waals surface area contributed by atoms with Crippen molar-refractivity contribution in [2.24, 2.45) is 5.92 Å². The van der Waals surface area contributed by atoms with E-state index in [-0.39, 0.29) is 12.7 Å². The minimum atomic E-state index is -1.05.